The Bertz CT molecular complexity index is 281. The summed E-state index contributed by atoms with van der Waals surface area (Å²) in [5.41, 5.74) is 0. The molecule has 0 bridgehead atoms. The van der Waals surface area contributed by atoms with Crippen LogP contribution in [0.1, 0.15) is 29.2 Å². The van der Waals surface area contributed by atoms with Crippen molar-refractivity contribution in [2.75, 3.05) is 13.2 Å². The average molecular weight is 201 g/mol. The predicted molar refractivity (Wildman–Crippen MR) is 47.4 cm³/mol. The molecular weight excluding hydrogens is 190 g/mol. The molecule has 72 valence electrons. The summed E-state index contributed by atoms with van der Waals surface area (Å²) in [5, 5.41) is 10.1. The van der Waals surface area contributed by atoms with Crippen LogP contribution in [0.3, 0.4) is 0 Å². The minimum atomic E-state index is -0.465. The molecule has 0 amide bonds. The van der Waals surface area contributed by atoms with Gasteiger partial charge in [0.05, 0.1) is 24.2 Å². The summed E-state index contributed by atoms with van der Waals surface area (Å²) in [7, 11) is 0. The zero-order valence-corrected chi connectivity index (χ0v) is 8.08. The van der Waals surface area contributed by atoms with Crippen LogP contribution in [-0.4, -0.2) is 23.3 Å². The van der Waals surface area contributed by atoms with Crippen LogP contribution in [0.15, 0.2) is 6.20 Å². The SMILES string of the molecule is C[C@@H](O)c1cnc(C2OCCO2)s1. The van der Waals surface area contributed by atoms with Crippen molar-refractivity contribution in [2.45, 2.75) is 19.3 Å². The number of ether oxygens (including phenoxy) is 2. The van der Waals surface area contributed by atoms with Gasteiger partial charge < -0.3 is 14.6 Å². The van der Waals surface area contributed by atoms with Gasteiger partial charge in [-0.1, -0.05) is 0 Å². The van der Waals surface area contributed by atoms with E-state index in [2.05, 4.69) is 4.98 Å². The summed E-state index contributed by atoms with van der Waals surface area (Å²) in [4.78, 5) is 4.97. The second-order valence-corrected chi connectivity index (χ2v) is 3.94. The fraction of sp³-hybridized carbons (Fsp3) is 0.625. The van der Waals surface area contributed by atoms with Crippen molar-refractivity contribution < 1.29 is 14.6 Å². The minimum Gasteiger partial charge on any atom is -0.388 e. The van der Waals surface area contributed by atoms with E-state index in [0.717, 1.165) is 9.88 Å². The number of aliphatic hydroxyl groups is 1. The monoisotopic (exact) mass is 201 g/mol. The second kappa shape index (κ2) is 3.71. The maximum Gasteiger partial charge on any atom is 0.211 e. The molecule has 1 fully saturated rings. The lowest BCUT2D eigenvalue weighted by molar-refractivity contribution is -0.0442. The van der Waals surface area contributed by atoms with Gasteiger partial charge in [-0.3, -0.25) is 0 Å². The van der Waals surface area contributed by atoms with Crippen molar-refractivity contribution in [3.63, 3.8) is 0 Å². The average Bonchev–Trinajstić information content (AvgIpc) is 2.75. The molecule has 1 atom stereocenters. The Kier molecular flexibility index (Phi) is 2.59. The highest BCUT2D eigenvalue weighted by molar-refractivity contribution is 7.11. The molecule has 13 heavy (non-hydrogen) atoms. The Morgan fingerprint density at radius 1 is 1.62 bits per heavy atom. The lowest BCUT2D eigenvalue weighted by Gasteiger charge is -2.03. The summed E-state index contributed by atoms with van der Waals surface area (Å²) in [6.45, 7) is 2.95. The maximum absolute atomic E-state index is 9.27. The van der Waals surface area contributed by atoms with Crippen molar-refractivity contribution in [3.8, 4) is 0 Å². The van der Waals surface area contributed by atoms with E-state index in [0.29, 0.717) is 13.2 Å². The summed E-state index contributed by atoms with van der Waals surface area (Å²) >= 11 is 1.43. The zero-order chi connectivity index (χ0) is 9.26. The molecule has 0 aliphatic carbocycles. The normalized spacial score (nSPS) is 20.8. The molecule has 1 aliphatic rings. The van der Waals surface area contributed by atoms with Gasteiger partial charge in [-0.15, -0.1) is 11.3 Å². The van der Waals surface area contributed by atoms with E-state index >= 15 is 0 Å². The van der Waals surface area contributed by atoms with Crippen LogP contribution < -0.4 is 0 Å². The first kappa shape index (κ1) is 9.08. The summed E-state index contributed by atoms with van der Waals surface area (Å²) in [5.74, 6) is 0. The Hall–Kier alpha value is -0.490. The lowest BCUT2D eigenvalue weighted by atomic mass is 10.4. The number of thiazole rings is 1. The molecule has 2 rings (SSSR count). The third-order valence-electron chi connectivity index (χ3n) is 1.78. The molecule has 0 radical (unpaired) electrons. The minimum absolute atomic E-state index is 0.322. The van der Waals surface area contributed by atoms with E-state index in [1.807, 2.05) is 0 Å². The van der Waals surface area contributed by atoms with Crippen LogP contribution in [-0.2, 0) is 9.47 Å². The molecule has 2 heterocycles. The van der Waals surface area contributed by atoms with Gasteiger partial charge in [-0.2, -0.15) is 0 Å². The highest BCUT2D eigenvalue weighted by Crippen LogP contribution is 2.29. The molecule has 0 spiro atoms. The predicted octanol–water partition coefficient (Wildman–Crippen LogP) is 1.24. The third-order valence-corrected chi connectivity index (χ3v) is 2.97. The van der Waals surface area contributed by atoms with Crippen LogP contribution in [0.25, 0.3) is 0 Å². The molecule has 1 saturated heterocycles. The molecule has 0 unspecified atom stereocenters. The van der Waals surface area contributed by atoms with Crippen LogP contribution in [0.2, 0.25) is 0 Å². The first-order valence-electron chi connectivity index (χ1n) is 4.14. The largest absolute Gasteiger partial charge is 0.388 e. The Morgan fingerprint density at radius 3 is 2.85 bits per heavy atom. The van der Waals surface area contributed by atoms with Crippen molar-refractivity contribution in [2.24, 2.45) is 0 Å². The van der Waals surface area contributed by atoms with Gasteiger partial charge in [0.15, 0.2) is 0 Å². The van der Waals surface area contributed by atoms with Gasteiger partial charge in [0, 0.05) is 6.20 Å². The lowest BCUT2D eigenvalue weighted by Crippen LogP contribution is -1.95. The number of aliphatic hydroxyl groups excluding tert-OH is 1. The fourth-order valence-electron chi connectivity index (χ4n) is 1.10. The number of hydrogen-bond acceptors (Lipinski definition) is 5. The summed E-state index contributed by atoms with van der Waals surface area (Å²) < 4.78 is 10.6. The first-order chi connectivity index (χ1) is 6.27. The van der Waals surface area contributed by atoms with Crippen molar-refractivity contribution >= 4 is 11.3 Å². The molecule has 1 aromatic rings. The number of hydrogen-bond donors (Lipinski definition) is 1. The topological polar surface area (TPSA) is 51.6 Å². The van der Waals surface area contributed by atoms with Crippen LogP contribution in [0, 0.1) is 0 Å². The third kappa shape index (κ3) is 1.88. The van der Waals surface area contributed by atoms with E-state index < -0.39 is 6.10 Å². The van der Waals surface area contributed by atoms with Crippen LogP contribution in [0.5, 0.6) is 0 Å². The fourth-order valence-corrected chi connectivity index (χ4v) is 1.96. The molecule has 4 nitrogen and oxygen atoms in total. The molecule has 1 aromatic heterocycles. The van der Waals surface area contributed by atoms with Crippen molar-refractivity contribution in [1.29, 1.82) is 0 Å². The smallest absolute Gasteiger partial charge is 0.211 e. The number of nitrogens with zero attached hydrogens (tertiary/aromatic N) is 1. The quantitative estimate of drug-likeness (QED) is 0.782. The number of rotatable bonds is 2. The highest BCUT2D eigenvalue weighted by atomic mass is 32.1. The Balaban J connectivity index is 2.12. The van der Waals surface area contributed by atoms with Gasteiger partial charge in [-0.25, -0.2) is 4.98 Å². The second-order valence-electron chi connectivity index (χ2n) is 2.85. The summed E-state index contributed by atoms with van der Waals surface area (Å²) in [6, 6.07) is 0. The van der Waals surface area contributed by atoms with Crippen LogP contribution >= 0.6 is 11.3 Å². The van der Waals surface area contributed by atoms with Crippen LogP contribution in [0.4, 0.5) is 0 Å². The highest BCUT2D eigenvalue weighted by Gasteiger charge is 2.22. The van der Waals surface area contributed by atoms with E-state index in [1.54, 1.807) is 13.1 Å². The van der Waals surface area contributed by atoms with E-state index in [-0.39, 0.29) is 6.29 Å². The molecule has 1 N–H and O–H groups in total. The van der Waals surface area contributed by atoms with Gasteiger partial charge >= 0.3 is 0 Å². The van der Waals surface area contributed by atoms with Crippen molar-refractivity contribution in [3.05, 3.63) is 16.1 Å². The maximum atomic E-state index is 9.27. The molecule has 0 aromatic carbocycles. The van der Waals surface area contributed by atoms with Gasteiger partial charge in [0.2, 0.25) is 6.29 Å². The molecule has 5 heteroatoms. The molecular formula is C8H11NO3S. The molecule has 0 saturated carbocycles. The Labute approximate surface area is 80.1 Å². The van der Waals surface area contributed by atoms with E-state index in [4.69, 9.17) is 9.47 Å². The first-order valence-corrected chi connectivity index (χ1v) is 4.96. The van der Waals surface area contributed by atoms with Gasteiger partial charge in [0.1, 0.15) is 5.01 Å². The van der Waals surface area contributed by atoms with Crippen molar-refractivity contribution in [1.82, 2.24) is 4.98 Å². The van der Waals surface area contributed by atoms with E-state index in [1.165, 1.54) is 11.3 Å². The van der Waals surface area contributed by atoms with Gasteiger partial charge in [-0.05, 0) is 6.92 Å². The standard InChI is InChI=1S/C8H11NO3S/c1-5(10)6-4-9-7(13-6)8-11-2-3-12-8/h4-5,8,10H,2-3H2,1H3/t5-/m1/s1. The zero-order valence-electron chi connectivity index (χ0n) is 7.27. The van der Waals surface area contributed by atoms with Gasteiger partial charge in [0.25, 0.3) is 0 Å². The van der Waals surface area contributed by atoms with E-state index in [9.17, 15) is 5.11 Å². The summed E-state index contributed by atoms with van der Waals surface area (Å²) in [6.07, 6.45) is 0.876. The number of aromatic nitrogens is 1. The molecule has 1 aliphatic heterocycles. The Morgan fingerprint density at radius 2 is 2.31 bits per heavy atom.